The van der Waals surface area contributed by atoms with Crippen LogP contribution in [0, 0.1) is 0 Å². The van der Waals surface area contributed by atoms with Crippen molar-refractivity contribution in [3.63, 3.8) is 0 Å². The van der Waals surface area contributed by atoms with E-state index in [2.05, 4.69) is 0 Å². The standard InChI is InChI=1S/C9H11Cl2NO/c10-7-1-2-9(11)6(3-7)4-8(12)5-13/h1-3,8,13H,4-5,12H2. The molecule has 1 aromatic rings. The van der Waals surface area contributed by atoms with E-state index in [1.54, 1.807) is 18.2 Å². The fraction of sp³-hybridized carbons (Fsp3) is 0.333. The van der Waals surface area contributed by atoms with Gasteiger partial charge in [-0.3, -0.25) is 0 Å². The Morgan fingerprint density at radius 2 is 2.08 bits per heavy atom. The normalized spacial score (nSPS) is 12.9. The van der Waals surface area contributed by atoms with Gasteiger partial charge in [-0.25, -0.2) is 0 Å². The summed E-state index contributed by atoms with van der Waals surface area (Å²) in [5.41, 5.74) is 6.44. The molecule has 0 radical (unpaired) electrons. The van der Waals surface area contributed by atoms with Crippen molar-refractivity contribution in [1.82, 2.24) is 0 Å². The van der Waals surface area contributed by atoms with Gasteiger partial charge in [-0.2, -0.15) is 0 Å². The number of nitrogens with two attached hydrogens (primary N) is 1. The van der Waals surface area contributed by atoms with Crippen LogP contribution in [0.4, 0.5) is 0 Å². The van der Waals surface area contributed by atoms with Gasteiger partial charge in [0.05, 0.1) is 6.61 Å². The molecule has 0 saturated heterocycles. The second kappa shape index (κ2) is 4.82. The molecule has 0 saturated carbocycles. The van der Waals surface area contributed by atoms with Crippen molar-refractivity contribution in [2.75, 3.05) is 6.61 Å². The predicted molar refractivity (Wildman–Crippen MR) is 55.2 cm³/mol. The Balaban J connectivity index is 2.81. The van der Waals surface area contributed by atoms with Gasteiger partial charge in [0.1, 0.15) is 0 Å². The second-order valence-electron chi connectivity index (χ2n) is 2.88. The number of rotatable bonds is 3. The molecule has 13 heavy (non-hydrogen) atoms. The van der Waals surface area contributed by atoms with Gasteiger partial charge in [0, 0.05) is 16.1 Å². The zero-order chi connectivity index (χ0) is 9.84. The Labute approximate surface area is 87.3 Å². The summed E-state index contributed by atoms with van der Waals surface area (Å²) in [6.07, 6.45) is 0.538. The molecule has 1 unspecified atom stereocenters. The third-order valence-corrected chi connectivity index (χ3v) is 2.33. The van der Waals surface area contributed by atoms with E-state index in [0.29, 0.717) is 16.5 Å². The van der Waals surface area contributed by atoms with Crippen LogP contribution in [-0.4, -0.2) is 17.8 Å². The van der Waals surface area contributed by atoms with E-state index < -0.39 is 0 Å². The molecule has 72 valence electrons. The van der Waals surface area contributed by atoms with Crippen LogP contribution in [0.1, 0.15) is 5.56 Å². The maximum Gasteiger partial charge on any atom is 0.0585 e. The van der Waals surface area contributed by atoms with Gasteiger partial charge in [-0.05, 0) is 30.2 Å². The minimum atomic E-state index is -0.282. The topological polar surface area (TPSA) is 46.2 Å². The van der Waals surface area contributed by atoms with Crippen LogP contribution in [0.3, 0.4) is 0 Å². The second-order valence-corrected chi connectivity index (χ2v) is 3.73. The van der Waals surface area contributed by atoms with Gasteiger partial charge in [-0.1, -0.05) is 23.2 Å². The molecule has 0 amide bonds. The minimum absolute atomic E-state index is 0.0527. The molecule has 1 rings (SSSR count). The fourth-order valence-electron chi connectivity index (χ4n) is 1.05. The SMILES string of the molecule is NC(CO)Cc1cc(Cl)ccc1Cl. The van der Waals surface area contributed by atoms with Gasteiger partial charge < -0.3 is 10.8 Å². The first-order chi connectivity index (χ1) is 6.13. The summed E-state index contributed by atoms with van der Waals surface area (Å²) in [7, 11) is 0. The average molecular weight is 220 g/mol. The van der Waals surface area contributed by atoms with Crippen molar-refractivity contribution in [2.24, 2.45) is 5.73 Å². The van der Waals surface area contributed by atoms with Gasteiger partial charge >= 0.3 is 0 Å². The van der Waals surface area contributed by atoms with E-state index in [0.717, 1.165) is 5.56 Å². The Morgan fingerprint density at radius 3 is 2.69 bits per heavy atom. The van der Waals surface area contributed by atoms with Crippen molar-refractivity contribution in [2.45, 2.75) is 12.5 Å². The smallest absolute Gasteiger partial charge is 0.0585 e. The number of aliphatic hydroxyl groups excluding tert-OH is 1. The number of hydrogen-bond donors (Lipinski definition) is 2. The first kappa shape index (κ1) is 10.8. The first-order valence-electron chi connectivity index (χ1n) is 3.94. The van der Waals surface area contributed by atoms with Crippen LogP contribution in [0.5, 0.6) is 0 Å². The van der Waals surface area contributed by atoms with Crippen molar-refractivity contribution >= 4 is 23.2 Å². The Hall–Kier alpha value is -0.280. The fourth-order valence-corrected chi connectivity index (χ4v) is 1.44. The summed E-state index contributed by atoms with van der Waals surface area (Å²) < 4.78 is 0. The molecule has 1 atom stereocenters. The van der Waals surface area contributed by atoms with E-state index in [1.807, 2.05) is 0 Å². The zero-order valence-corrected chi connectivity index (χ0v) is 8.52. The van der Waals surface area contributed by atoms with Crippen LogP contribution >= 0.6 is 23.2 Å². The third kappa shape index (κ3) is 3.16. The summed E-state index contributed by atoms with van der Waals surface area (Å²) >= 11 is 11.7. The lowest BCUT2D eigenvalue weighted by Crippen LogP contribution is -2.26. The number of aliphatic hydroxyl groups is 1. The molecule has 1 aromatic carbocycles. The highest BCUT2D eigenvalue weighted by Crippen LogP contribution is 2.21. The highest BCUT2D eigenvalue weighted by molar-refractivity contribution is 6.33. The van der Waals surface area contributed by atoms with Crippen LogP contribution in [0.25, 0.3) is 0 Å². The Bertz CT molecular complexity index is 291. The summed E-state index contributed by atoms with van der Waals surface area (Å²) in [6, 6.07) is 4.93. The van der Waals surface area contributed by atoms with E-state index in [4.69, 9.17) is 34.0 Å². The minimum Gasteiger partial charge on any atom is -0.395 e. The molecule has 0 bridgehead atoms. The molecule has 0 spiro atoms. The van der Waals surface area contributed by atoms with Crippen LogP contribution < -0.4 is 5.73 Å². The maximum atomic E-state index is 8.76. The van der Waals surface area contributed by atoms with E-state index in [-0.39, 0.29) is 12.6 Å². The van der Waals surface area contributed by atoms with Crippen LogP contribution in [0.2, 0.25) is 10.0 Å². The predicted octanol–water partition coefficient (Wildman–Crippen LogP) is 1.86. The Kier molecular flexibility index (Phi) is 4.00. The van der Waals surface area contributed by atoms with Gasteiger partial charge in [0.25, 0.3) is 0 Å². The molecule has 2 nitrogen and oxygen atoms in total. The summed E-state index contributed by atoms with van der Waals surface area (Å²) in [5.74, 6) is 0. The molecule has 0 fully saturated rings. The Morgan fingerprint density at radius 1 is 1.38 bits per heavy atom. The number of benzene rings is 1. The lowest BCUT2D eigenvalue weighted by atomic mass is 10.1. The molecule has 0 aliphatic rings. The monoisotopic (exact) mass is 219 g/mol. The van der Waals surface area contributed by atoms with Gasteiger partial charge in [0.15, 0.2) is 0 Å². The molecule has 0 aliphatic heterocycles. The van der Waals surface area contributed by atoms with E-state index >= 15 is 0 Å². The molecule has 3 N–H and O–H groups in total. The molecule has 0 aromatic heterocycles. The molecule has 4 heteroatoms. The average Bonchev–Trinajstić information content (AvgIpc) is 2.11. The molecular weight excluding hydrogens is 209 g/mol. The van der Waals surface area contributed by atoms with Crippen LogP contribution in [0.15, 0.2) is 18.2 Å². The van der Waals surface area contributed by atoms with Crippen LogP contribution in [-0.2, 0) is 6.42 Å². The highest BCUT2D eigenvalue weighted by Gasteiger charge is 2.06. The van der Waals surface area contributed by atoms with E-state index in [1.165, 1.54) is 0 Å². The van der Waals surface area contributed by atoms with Gasteiger partial charge in [-0.15, -0.1) is 0 Å². The molecule has 0 heterocycles. The number of hydrogen-bond acceptors (Lipinski definition) is 2. The van der Waals surface area contributed by atoms with Crippen molar-refractivity contribution < 1.29 is 5.11 Å². The highest BCUT2D eigenvalue weighted by atomic mass is 35.5. The molecule has 0 aliphatic carbocycles. The largest absolute Gasteiger partial charge is 0.395 e. The lowest BCUT2D eigenvalue weighted by molar-refractivity contribution is 0.265. The van der Waals surface area contributed by atoms with Crippen molar-refractivity contribution in [3.8, 4) is 0 Å². The lowest BCUT2D eigenvalue weighted by Gasteiger charge is -2.09. The van der Waals surface area contributed by atoms with Crippen molar-refractivity contribution in [1.29, 1.82) is 0 Å². The maximum absolute atomic E-state index is 8.76. The summed E-state index contributed by atoms with van der Waals surface area (Å²) in [4.78, 5) is 0. The third-order valence-electron chi connectivity index (χ3n) is 1.72. The van der Waals surface area contributed by atoms with Gasteiger partial charge in [0.2, 0.25) is 0 Å². The quantitative estimate of drug-likeness (QED) is 0.816. The van der Waals surface area contributed by atoms with E-state index in [9.17, 15) is 0 Å². The summed E-state index contributed by atoms with van der Waals surface area (Å²) in [5, 5.41) is 10.0. The summed E-state index contributed by atoms with van der Waals surface area (Å²) in [6.45, 7) is -0.0527. The first-order valence-corrected chi connectivity index (χ1v) is 4.69. The number of halogens is 2. The zero-order valence-electron chi connectivity index (χ0n) is 7.00. The van der Waals surface area contributed by atoms with Crippen molar-refractivity contribution in [3.05, 3.63) is 33.8 Å². The molecular formula is C9H11Cl2NO.